The van der Waals surface area contributed by atoms with E-state index in [-0.39, 0.29) is 24.0 Å². The number of anilines is 1. The lowest BCUT2D eigenvalue weighted by molar-refractivity contribution is -0.133. The molecule has 1 fully saturated rings. The maximum absolute atomic E-state index is 12.6. The van der Waals surface area contributed by atoms with E-state index >= 15 is 0 Å². The van der Waals surface area contributed by atoms with E-state index in [1.165, 1.54) is 0 Å². The molecular weight excluding hydrogens is 362 g/mol. The molecule has 1 aromatic rings. The van der Waals surface area contributed by atoms with Crippen LogP contribution in [0.4, 0.5) is 5.69 Å². The lowest BCUT2D eigenvalue weighted by Crippen LogP contribution is -2.47. The number of nitrogens with one attached hydrogen (secondary N) is 1. The molecule has 154 valence electrons. The van der Waals surface area contributed by atoms with Crippen molar-refractivity contribution in [2.75, 3.05) is 51.9 Å². The summed E-state index contributed by atoms with van der Waals surface area (Å²) in [6, 6.07) is 5.23. The maximum Gasteiger partial charge on any atom is 0.251 e. The van der Waals surface area contributed by atoms with E-state index in [1.807, 2.05) is 16.8 Å². The number of fused-ring (bicyclic) bond motifs is 1. The third-order valence-corrected chi connectivity index (χ3v) is 5.40. The van der Waals surface area contributed by atoms with Crippen LogP contribution in [0, 0.1) is 0 Å². The van der Waals surface area contributed by atoms with Crippen LogP contribution in [0.2, 0.25) is 0 Å². The number of carbonyl (C=O) groups is 2. The average Bonchev–Trinajstić information content (AvgIpc) is 2.70. The third-order valence-electron chi connectivity index (χ3n) is 5.40. The summed E-state index contributed by atoms with van der Waals surface area (Å²) in [6.45, 7) is 2.52. The molecule has 2 aliphatic heterocycles. The van der Waals surface area contributed by atoms with Crippen molar-refractivity contribution in [3.8, 4) is 5.75 Å². The second-order valence-electron chi connectivity index (χ2n) is 7.32. The Labute approximate surface area is 165 Å². The van der Waals surface area contributed by atoms with Crippen LogP contribution in [0.25, 0.3) is 0 Å². The molecular formula is C20H29N3O5. The Morgan fingerprint density at radius 1 is 1.32 bits per heavy atom. The van der Waals surface area contributed by atoms with Crippen molar-refractivity contribution in [2.24, 2.45) is 0 Å². The van der Waals surface area contributed by atoms with Crippen molar-refractivity contribution in [2.45, 2.75) is 31.4 Å². The molecule has 0 aromatic heterocycles. The molecule has 2 heterocycles. The van der Waals surface area contributed by atoms with Crippen LogP contribution in [0.15, 0.2) is 18.2 Å². The number of nitrogens with zero attached hydrogens (tertiary/aromatic N) is 2. The van der Waals surface area contributed by atoms with Crippen molar-refractivity contribution in [1.82, 2.24) is 10.2 Å². The predicted octanol–water partition coefficient (Wildman–Crippen LogP) is 0.633. The van der Waals surface area contributed by atoms with Crippen LogP contribution in [0.1, 0.15) is 29.6 Å². The van der Waals surface area contributed by atoms with Crippen LogP contribution in [-0.4, -0.2) is 81.0 Å². The van der Waals surface area contributed by atoms with Gasteiger partial charge in [-0.2, -0.15) is 0 Å². The first-order chi connectivity index (χ1) is 13.5. The number of hydrogen-bond donors (Lipinski definition) is 2. The van der Waals surface area contributed by atoms with Gasteiger partial charge < -0.3 is 29.7 Å². The van der Waals surface area contributed by atoms with E-state index in [2.05, 4.69) is 5.32 Å². The zero-order valence-electron chi connectivity index (χ0n) is 16.5. The number of piperidine rings is 1. The lowest BCUT2D eigenvalue weighted by Gasteiger charge is -2.37. The van der Waals surface area contributed by atoms with Gasteiger partial charge in [0.25, 0.3) is 5.91 Å². The van der Waals surface area contributed by atoms with Gasteiger partial charge in [0.2, 0.25) is 5.91 Å². The van der Waals surface area contributed by atoms with Gasteiger partial charge in [-0.3, -0.25) is 9.59 Å². The van der Waals surface area contributed by atoms with Crippen molar-refractivity contribution >= 4 is 17.5 Å². The fraction of sp³-hybridized carbons (Fsp3) is 0.600. The molecule has 3 rings (SSSR count). The molecule has 0 saturated carbocycles. The molecule has 0 spiro atoms. The topological polar surface area (TPSA) is 91.3 Å². The molecule has 0 aliphatic carbocycles. The van der Waals surface area contributed by atoms with Gasteiger partial charge in [-0.1, -0.05) is 0 Å². The Hall–Kier alpha value is -2.32. The van der Waals surface area contributed by atoms with Crippen molar-refractivity contribution in [1.29, 1.82) is 0 Å². The average molecular weight is 391 g/mol. The minimum Gasteiger partial charge on any atom is -0.489 e. The number of amides is 2. The maximum atomic E-state index is 12.6. The summed E-state index contributed by atoms with van der Waals surface area (Å²) in [4.78, 5) is 28.8. The molecule has 1 atom stereocenters. The number of ether oxygens (including phenoxy) is 2. The first-order valence-corrected chi connectivity index (χ1v) is 9.72. The second-order valence-corrected chi connectivity index (χ2v) is 7.32. The summed E-state index contributed by atoms with van der Waals surface area (Å²) in [7, 11) is 3.51. The summed E-state index contributed by atoms with van der Waals surface area (Å²) in [5.41, 5.74) is 1.35. The van der Waals surface area contributed by atoms with Crippen LogP contribution >= 0.6 is 0 Å². The highest BCUT2D eigenvalue weighted by Gasteiger charge is 2.30. The number of benzene rings is 1. The quantitative estimate of drug-likeness (QED) is 0.692. The minimum absolute atomic E-state index is 0.0734. The zero-order chi connectivity index (χ0) is 20.1. The van der Waals surface area contributed by atoms with E-state index in [4.69, 9.17) is 9.47 Å². The molecule has 1 saturated heterocycles. The van der Waals surface area contributed by atoms with Crippen molar-refractivity contribution in [3.63, 3.8) is 0 Å². The predicted molar refractivity (Wildman–Crippen MR) is 105 cm³/mol. The molecule has 0 bridgehead atoms. The second kappa shape index (κ2) is 9.25. The first kappa shape index (κ1) is 20.4. The van der Waals surface area contributed by atoms with Gasteiger partial charge in [0.1, 0.15) is 12.4 Å². The lowest BCUT2D eigenvalue weighted by atomic mass is 10.0. The molecule has 28 heavy (non-hydrogen) atoms. The summed E-state index contributed by atoms with van der Waals surface area (Å²) >= 11 is 0. The van der Waals surface area contributed by atoms with Gasteiger partial charge in [-0.25, -0.2) is 0 Å². The highest BCUT2D eigenvalue weighted by molar-refractivity contribution is 5.95. The number of aliphatic hydroxyl groups excluding tert-OH is 1. The van der Waals surface area contributed by atoms with E-state index in [9.17, 15) is 14.7 Å². The van der Waals surface area contributed by atoms with E-state index in [0.717, 1.165) is 5.69 Å². The zero-order valence-corrected chi connectivity index (χ0v) is 16.5. The number of methoxy groups -OCH3 is 1. The van der Waals surface area contributed by atoms with Gasteiger partial charge in [-0.05, 0) is 31.0 Å². The van der Waals surface area contributed by atoms with Crippen molar-refractivity contribution < 1.29 is 24.2 Å². The van der Waals surface area contributed by atoms with Gasteiger partial charge >= 0.3 is 0 Å². The fourth-order valence-corrected chi connectivity index (χ4v) is 3.56. The Balaban J connectivity index is 1.64. The summed E-state index contributed by atoms with van der Waals surface area (Å²) < 4.78 is 10.8. The summed E-state index contributed by atoms with van der Waals surface area (Å²) in [6.07, 6.45) is 1.31. The molecule has 1 aromatic carbocycles. The Morgan fingerprint density at radius 2 is 2.07 bits per heavy atom. The smallest absolute Gasteiger partial charge is 0.251 e. The Morgan fingerprint density at radius 3 is 2.79 bits per heavy atom. The van der Waals surface area contributed by atoms with Gasteiger partial charge in [0.05, 0.1) is 30.9 Å². The van der Waals surface area contributed by atoms with E-state index < -0.39 is 0 Å². The van der Waals surface area contributed by atoms with Crippen molar-refractivity contribution in [3.05, 3.63) is 23.8 Å². The number of aliphatic hydroxyl groups is 1. The summed E-state index contributed by atoms with van der Waals surface area (Å²) in [5.74, 6) is 0.614. The molecule has 8 heteroatoms. The molecule has 2 aliphatic rings. The first-order valence-electron chi connectivity index (χ1n) is 9.72. The molecule has 0 radical (unpaired) electrons. The van der Waals surface area contributed by atoms with Crippen LogP contribution in [-0.2, 0) is 9.53 Å². The largest absolute Gasteiger partial charge is 0.489 e. The molecule has 2 amide bonds. The Kier molecular flexibility index (Phi) is 6.74. The number of hydrogen-bond acceptors (Lipinski definition) is 6. The molecule has 0 unspecified atom stereocenters. The number of likely N-dealkylation sites (tertiary alicyclic amines) is 1. The van der Waals surface area contributed by atoms with Gasteiger partial charge in [-0.15, -0.1) is 0 Å². The monoisotopic (exact) mass is 391 g/mol. The normalized spacial score (nSPS) is 19.8. The van der Waals surface area contributed by atoms with E-state index in [0.29, 0.717) is 63.4 Å². The Bertz CT molecular complexity index is 703. The summed E-state index contributed by atoms with van der Waals surface area (Å²) in [5, 5.41) is 12.4. The minimum atomic E-state index is -0.301. The van der Waals surface area contributed by atoms with Crippen LogP contribution in [0.3, 0.4) is 0 Å². The molecule has 2 N–H and O–H groups in total. The SMILES string of the molecule is COCCNC(=O)c1ccc2c(c1)N(C)[C@@H](CC(=O)N1CCC(O)CC1)CO2. The number of rotatable bonds is 6. The number of carbonyl (C=O) groups excluding carboxylic acids is 2. The van der Waals surface area contributed by atoms with Crippen LogP contribution in [0.5, 0.6) is 5.75 Å². The van der Waals surface area contributed by atoms with Gasteiger partial charge in [0, 0.05) is 39.4 Å². The third kappa shape index (κ3) is 4.74. The van der Waals surface area contributed by atoms with Crippen LogP contribution < -0.4 is 15.0 Å². The fourth-order valence-electron chi connectivity index (χ4n) is 3.56. The highest BCUT2D eigenvalue weighted by Crippen LogP contribution is 2.34. The number of likely N-dealkylation sites (N-methyl/N-ethyl adjacent to an activating group) is 1. The molecule has 8 nitrogen and oxygen atoms in total. The van der Waals surface area contributed by atoms with E-state index in [1.54, 1.807) is 25.3 Å². The van der Waals surface area contributed by atoms with Gasteiger partial charge in [0.15, 0.2) is 0 Å². The standard InChI is InChI=1S/C20H29N3O5/c1-22-15(12-19(25)23-8-5-16(24)6-9-23)13-28-18-4-3-14(11-17(18)22)20(26)21-7-10-27-2/h3-4,11,15-16,24H,5-10,12-13H2,1-2H3,(H,21,26)/t15-/m0/s1. The highest BCUT2D eigenvalue weighted by atomic mass is 16.5.